The molecule has 8 rings (SSSR count). The van der Waals surface area contributed by atoms with Crippen LogP contribution in [-0.2, 0) is 4.79 Å². The van der Waals surface area contributed by atoms with Crippen LogP contribution in [-0.4, -0.2) is 64.9 Å². The molecule has 0 unspecified atom stereocenters. The largest absolute Gasteiger partial charge is 0.482 e. The summed E-state index contributed by atoms with van der Waals surface area (Å²) in [4.78, 5) is 43.1. The van der Waals surface area contributed by atoms with Gasteiger partial charge in [-0.15, -0.1) is 0 Å². The summed E-state index contributed by atoms with van der Waals surface area (Å²) in [7, 11) is 0. The molecule has 0 saturated heterocycles. The second-order valence-electron chi connectivity index (χ2n) is 13.8. The van der Waals surface area contributed by atoms with Crippen molar-refractivity contribution in [2.75, 3.05) is 19.7 Å². The van der Waals surface area contributed by atoms with E-state index in [0.717, 1.165) is 22.8 Å². The van der Waals surface area contributed by atoms with Crippen LogP contribution in [0.15, 0.2) is 75.5 Å². The highest BCUT2D eigenvalue weighted by molar-refractivity contribution is 14.1. The smallest absolute Gasteiger partial charge is 0.349 e. The first-order valence-electron chi connectivity index (χ1n) is 16.2. The van der Waals surface area contributed by atoms with Gasteiger partial charge in [-0.05, 0) is 115 Å². The number of para-hydroxylation sites is 2. The lowest BCUT2D eigenvalue weighted by molar-refractivity contribution is -0.118. The number of rotatable bonds is 9. The Labute approximate surface area is 281 Å². The molecule has 4 fully saturated rings. The van der Waals surface area contributed by atoms with Gasteiger partial charge in [0.15, 0.2) is 0 Å². The van der Waals surface area contributed by atoms with Crippen LogP contribution in [0.1, 0.15) is 55.3 Å². The Hall–Kier alpha value is -3.22. The molecule has 2 amide bonds. The number of aliphatic hydroxyl groups is 2. The zero-order valence-corrected chi connectivity index (χ0v) is 27.7. The zero-order chi connectivity index (χ0) is 32.0. The maximum Gasteiger partial charge on any atom is 0.349 e. The molecule has 242 valence electrons. The van der Waals surface area contributed by atoms with E-state index in [1.807, 2.05) is 24.3 Å². The molecule has 0 radical (unpaired) electrons. The predicted molar refractivity (Wildman–Crippen MR) is 180 cm³/mol. The van der Waals surface area contributed by atoms with E-state index < -0.39 is 35.7 Å². The minimum absolute atomic E-state index is 0.0690. The van der Waals surface area contributed by atoms with Crippen LogP contribution < -0.4 is 15.7 Å². The Bertz CT molecular complexity index is 1700. The number of carbonyl (C=O) groups excluding carboxylic acids is 2. The molecule has 10 heteroatoms. The maximum atomic E-state index is 14.7. The van der Waals surface area contributed by atoms with Crippen molar-refractivity contribution < 1.29 is 29.0 Å². The van der Waals surface area contributed by atoms with Gasteiger partial charge >= 0.3 is 5.63 Å². The Balaban J connectivity index is 1.29. The number of aliphatic hydroxyl groups excluding tert-OH is 2. The quantitative estimate of drug-likeness (QED) is 0.215. The van der Waals surface area contributed by atoms with Gasteiger partial charge in [0.1, 0.15) is 29.1 Å². The first-order chi connectivity index (χ1) is 22.2. The van der Waals surface area contributed by atoms with E-state index in [1.165, 1.54) is 19.3 Å². The molecule has 3 N–H and O–H groups in total. The van der Waals surface area contributed by atoms with Gasteiger partial charge in [-0.2, -0.15) is 0 Å². The first kappa shape index (κ1) is 31.4. The van der Waals surface area contributed by atoms with Crippen LogP contribution >= 0.6 is 22.6 Å². The van der Waals surface area contributed by atoms with E-state index in [0.29, 0.717) is 46.6 Å². The minimum Gasteiger partial charge on any atom is -0.482 e. The van der Waals surface area contributed by atoms with Crippen LogP contribution in [0, 0.1) is 26.7 Å². The number of nitrogens with zero attached hydrogens (tertiary/aromatic N) is 1. The molecule has 1 heterocycles. The highest BCUT2D eigenvalue weighted by Crippen LogP contribution is 2.60. The number of fused-ring (bicyclic) bond motifs is 1. The summed E-state index contributed by atoms with van der Waals surface area (Å²) < 4.78 is 12.8. The molecule has 46 heavy (non-hydrogen) atoms. The summed E-state index contributed by atoms with van der Waals surface area (Å²) in [6.07, 6.45) is 6.31. The molecule has 1 aromatic heterocycles. The summed E-state index contributed by atoms with van der Waals surface area (Å²) in [5.74, 6) is 1.52. The standard InChI is InChI=1S/C36H39IN2O7/c37-27-6-2-4-8-30(27)45-31-16-25(33(42)38-9-10-40)15-28(32(31)41)39(20-36-17-21-11-22(18-36)13-23(12-21)19-36)34(43)26-14-24-5-1-3-7-29(24)46-35(26)44/h1-8,14,16,21-23,28,31-32,40-41H,9-13,15,17-20H2,(H,38,42)/t21?,22?,23?,28-,31+,32+,36?/m1/s1. The van der Waals surface area contributed by atoms with Crippen molar-refractivity contribution in [3.63, 3.8) is 0 Å². The zero-order valence-electron chi connectivity index (χ0n) is 25.6. The summed E-state index contributed by atoms with van der Waals surface area (Å²) in [6, 6.07) is 15.2. The van der Waals surface area contributed by atoms with Crippen LogP contribution in [0.5, 0.6) is 5.75 Å². The third-order valence-corrected chi connectivity index (χ3v) is 11.4. The fourth-order valence-electron chi connectivity index (χ4n) is 9.02. The van der Waals surface area contributed by atoms with Gasteiger partial charge in [0, 0.05) is 30.5 Å². The van der Waals surface area contributed by atoms with Crippen molar-refractivity contribution >= 4 is 45.4 Å². The van der Waals surface area contributed by atoms with Crippen LogP contribution in [0.25, 0.3) is 11.0 Å². The summed E-state index contributed by atoms with van der Waals surface area (Å²) >= 11 is 2.16. The average Bonchev–Trinajstić information content (AvgIpc) is 3.03. The molecule has 9 nitrogen and oxygen atoms in total. The fourth-order valence-corrected chi connectivity index (χ4v) is 9.53. The SMILES string of the molecule is O=C(NCCO)C1=C[C@H](Oc2ccccc2I)[C@@H](O)[C@H](N(CC23CC4CC(CC(C4)C2)C3)C(=O)c2cc3ccccc3oc2=O)C1. The van der Waals surface area contributed by atoms with E-state index >= 15 is 0 Å². The molecule has 3 aromatic rings. The van der Waals surface area contributed by atoms with Crippen molar-refractivity contribution in [3.05, 3.63) is 85.8 Å². The monoisotopic (exact) mass is 738 g/mol. The van der Waals surface area contributed by atoms with E-state index in [2.05, 4.69) is 27.9 Å². The van der Waals surface area contributed by atoms with Crippen molar-refractivity contribution in [2.24, 2.45) is 23.2 Å². The third-order valence-electron chi connectivity index (χ3n) is 10.5. The normalized spacial score (nSPS) is 29.8. The van der Waals surface area contributed by atoms with E-state index in [9.17, 15) is 24.6 Å². The lowest BCUT2D eigenvalue weighted by Crippen LogP contribution is -2.60. The Morgan fingerprint density at radius 1 is 1.02 bits per heavy atom. The molecule has 2 aromatic carbocycles. The number of nitrogens with one attached hydrogen (secondary N) is 1. The number of hydrogen-bond acceptors (Lipinski definition) is 7. The Morgan fingerprint density at radius 3 is 2.39 bits per heavy atom. The Kier molecular flexibility index (Phi) is 8.71. The number of hydrogen-bond donors (Lipinski definition) is 3. The molecule has 5 aliphatic rings. The Morgan fingerprint density at radius 2 is 1.70 bits per heavy atom. The number of ether oxygens (including phenoxy) is 1. The van der Waals surface area contributed by atoms with E-state index in [4.69, 9.17) is 9.15 Å². The van der Waals surface area contributed by atoms with Gasteiger partial charge in [-0.3, -0.25) is 9.59 Å². The van der Waals surface area contributed by atoms with E-state index in [1.54, 1.807) is 41.3 Å². The van der Waals surface area contributed by atoms with Gasteiger partial charge in [-0.25, -0.2) is 4.79 Å². The van der Waals surface area contributed by atoms with Crippen LogP contribution in [0.2, 0.25) is 0 Å². The van der Waals surface area contributed by atoms with Gasteiger partial charge < -0.3 is 29.6 Å². The fraction of sp³-hybridized carbons (Fsp3) is 0.472. The molecular formula is C36H39IN2O7. The molecular weight excluding hydrogens is 699 g/mol. The summed E-state index contributed by atoms with van der Waals surface area (Å²) in [5, 5.41) is 24.8. The first-order valence-corrected chi connectivity index (χ1v) is 17.3. The molecule has 0 spiro atoms. The highest BCUT2D eigenvalue weighted by Gasteiger charge is 2.53. The molecule has 0 aliphatic heterocycles. The van der Waals surface area contributed by atoms with Crippen LogP contribution in [0.3, 0.4) is 0 Å². The second-order valence-corrected chi connectivity index (χ2v) is 14.9. The second kappa shape index (κ2) is 12.8. The average molecular weight is 739 g/mol. The van der Waals surface area contributed by atoms with Crippen molar-refractivity contribution in [3.8, 4) is 5.75 Å². The third kappa shape index (κ3) is 6.11. The van der Waals surface area contributed by atoms with Gasteiger partial charge in [0.25, 0.3) is 5.91 Å². The van der Waals surface area contributed by atoms with Crippen molar-refractivity contribution in [1.29, 1.82) is 0 Å². The number of carbonyl (C=O) groups is 2. The predicted octanol–water partition coefficient (Wildman–Crippen LogP) is 4.67. The summed E-state index contributed by atoms with van der Waals surface area (Å²) in [6.45, 7) is 0.228. The lowest BCUT2D eigenvalue weighted by Gasteiger charge is -2.58. The molecule has 3 atom stereocenters. The van der Waals surface area contributed by atoms with Crippen molar-refractivity contribution in [1.82, 2.24) is 10.2 Å². The highest BCUT2D eigenvalue weighted by atomic mass is 127. The van der Waals surface area contributed by atoms with Gasteiger partial charge in [0.2, 0.25) is 5.91 Å². The lowest BCUT2D eigenvalue weighted by atomic mass is 9.49. The van der Waals surface area contributed by atoms with Crippen molar-refractivity contribution in [2.45, 2.75) is 63.2 Å². The van der Waals surface area contributed by atoms with Gasteiger partial charge in [-0.1, -0.05) is 30.3 Å². The maximum absolute atomic E-state index is 14.7. The number of benzene rings is 2. The molecule has 4 bridgehead atoms. The van der Waals surface area contributed by atoms with Crippen LogP contribution in [0.4, 0.5) is 0 Å². The topological polar surface area (TPSA) is 129 Å². The molecule has 5 aliphatic carbocycles. The summed E-state index contributed by atoms with van der Waals surface area (Å²) in [5.41, 5.74) is -0.189. The number of halogens is 1. The minimum atomic E-state index is -1.18. The molecule has 4 saturated carbocycles. The number of amides is 2. The van der Waals surface area contributed by atoms with Gasteiger partial charge in [0.05, 0.1) is 16.2 Å². The van der Waals surface area contributed by atoms with E-state index in [-0.39, 0.29) is 30.6 Å².